The maximum absolute atomic E-state index is 9.89. The van der Waals surface area contributed by atoms with E-state index in [1.807, 2.05) is 0 Å². The van der Waals surface area contributed by atoms with Gasteiger partial charge in [0.15, 0.2) is 0 Å². The van der Waals surface area contributed by atoms with Crippen LogP contribution in [0.3, 0.4) is 0 Å². The van der Waals surface area contributed by atoms with Crippen LogP contribution in [0.15, 0.2) is 0 Å². The van der Waals surface area contributed by atoms with Crippen molar-refractivity contribution in [3.05, 3.63) is 10.1 Å². The van der Waals surface area contributed by atoms with Crippen LogP contribution in [0.25, 0.3) is 0 Å². The minimum atomic E-state index is -0.802. The first kappa shape index (κ1) is 13.5. The normalized spacial score (nSPS) is 34.5. The molecular formula is C10H17NO7. The van der Waals surface area contributed by atoms with E-state index in [0.29, 0.717) is 26.1 Å². The van der Waals surface area contributed by atoms with Crippen molar-refractivity contribution in [1.82, 2.24) is 0 Å². The molecule has 0 radical (unpaired) electrons. The lowest BCUT2D eigenvalue weighted by atomic mass is 10.1. The maximum Gasteiger partial charge on any atom is 0.294 e. The molecule has 8 nitrogen and oxygen atoms in total. The molecule has 4 atom stereocenters. The number of fused-ring (bicyclic) bond motifs is 1. The fourth-order valence-corrected chi connectivity index (χ4v) is 2.16. The lowest BCUT2D eigenvalue weighted by molar-refractivity contribution is -0.757. The first-order valence-electron chi connectivity index (χ1n) is 5.98. The first-order chi connectivity index (χ1) is 8.68. The average Bonchev–Trinajstić information content (AvgIpc) is 2.88. The van der Waals surface area contributed by atoms with Gasteiger partial charge < -0.3 is 24.2 Å². The van der Waals surface area contributed by atoms with Crippen LogP contribution in [0.4, 0.5) is 0 Å². The van der Waals surface area contributed by atoms with Crippen molar-refractivity contribution in [2.75, 3.05) is 26.4 Å². The minimum Gasteiger partial charge on any atom is -0.388 e. The predicted molar refractivity (Wildman–Crippen MR) is 57.4 cm³/mol. The van der Waals surface area contributed by atoms with E-state index in [1.54, 1.807) is 0 Å². The van der Waals surface area contributed by atoms with Crippen molar-refractivity contribution in [3.8, 4) is 0 Å². The second-order valence-corrected chi connectivity index (χ2v) is 4.34. The van der Waals surface area contributed by atoms with Gasteiger partial charge in [0.25, 0.3) is 5.09 Å². The van der Waals surface area contributed by atoms with Crippen LogP contribution in [-0.2, 0) is 19.0 Å². The van der Waals surface area contributed by atoms with Gasteiger partial charge in [-0.1, -0.05) is 0 Å². The summed E-state index contributed by atoms with van der Waals surface area (Å²) in [4.78, 5) is 14.1. The molecule has 2 saturated heterocycles. The van der Waals surface area contributed by atoms with E-state index in [4.69, 9.17) is 14.2 Å². The quantitative estimate of drug-likeness (QED) is 0.376. The van der Waals surface area contributed by atoms with Crippen molar-refractivity contribution in [2.45, 2.75) is 37.3 Å². The summed E-state index contributed by atoms with van der Waals surface area (Å²) in [5, 5.41) is 18.6. The van der Waals surface area contributed by atoms with Gasteiger partial charge in [0.05, 0.1) is 19.8 Å². The number of rotatable bonds is 7. The van der Waals surface area contributed by atoms with Crippen LogP contribution in [-0.4, -0.2) is 61.0 Å². The highest BCUT2D eigenvalue weighted by Gasteiger charge is 2.47. The summed E-state index contributed by atoms with van der Waals surface area (Å²) in [6.45, 7) is 1.25. The van der Waals surface area contributed by atoms with Gasteiger partial charge in [-0.2, -0.15) is 0 Å². The zero-order valence-corrected chi connectivity index (χ0v) is 9.90. The molecule has 0 aromatic rings. The molecule has 0 aromatic carbocycles. The number of aliphatic hydroxyl groups is 1. The van der Waals surface area contributed by atoms with Crippen molar-refractivity contribution in [3.63, 3.8) is 0 Å². The first-order valence-corrected chi connectivity index (χ1v) is 5.98. The molecule has 0 aliphatic carbocycles. The number of hydrogen-bond donors (Lipinski definition) is 1. The van der Waals surface area contributed by atoms with Gasteiger partial charge in [-0.15, -0.1) is 10.1 Å². The third-order valence-corrected chi connectivity index (χ3v) is 3.05. The summed E-state index contributed by atoms with van der Waals surface area (Å²) < 4.78 is 16.4. The number of aliphatic hydroxyl groups excluding tert-OH is 1. The summed E-state index contributed by atoms with van der Waals surface area (Å²) in [6.07, 6.45) is 0.0136. The Kier molecular flexibility index (Phi) is 4.70. The summed E-state index contributed by atoms with van der Waals surface area (Å²) in [7, 11) is 0. The highest BCUT2D eigenvalue weighted by atomic mass is 16.9. The molecule has 0 saturated carbocycles. The smallest absolute Gasteiger partial charge is 0.294 e. The van der Waals surface area contributed by atoms with Crippen molar-refractivity contribution >= 4 is 0 Å². The molecule has 8 heteroatoms. The molecule has 0 bridgehead atoms. The molecule has 1 N–H and O–H groups in total. The third-order valence-electron chi connectivity index (χ3n) is 3.05. The van der Waals surface area contributed by atoms with Gasteiger partial charge in [-0.3, -0.25) is 0 Å². The Labute approximate surface area is 104 Å². The number of ether oxygens (including phenoxy) is 3. The largest absolute Gasteiger partial charge is 0.388 e. The molecule has 18 heavy (non-hydrogen) atoms. The Balaban J connectivity index is 1.56. The third kappa shape index (κ3) is 3.29. The van der Waals surface area contributed by atoms with E-state index in [0.717, 1.165) is 0 Å². The predicted octanol–water partition coefficient (Wildman–Crippen LogP) is -0.481. The molecule has 0 spiro atoms. The van der Waals surface area contributed by atoms with Gasteiger partial charge in [0, 0.05) is 6.61 Å². The fourth-order valence-electron chi connectivity index (χ4n) is 2.16. The van der Waals surface area contributed by atoms with E-state index in [-0.39, 0.29) is 31.5 Å². The molecule has 2 aliphatic heterocycles. The maximum atomic E-state index is 9.89. The van der Waals surface area contributed by atoms with Crippen LogP contribution < -0.4 is 0 Å². The Morgan fingerprint density at radius 2 is 1.94 bits per heavy atom. The number of nitrogens with zero attached hydrogens (tertiary/aromatic N) is 1. The SMILES string of the molecule is O=[N+]([O-])OCCCCO[C@@H]1CO[C@H]2[C@@H]1OC[C@H]2O. The van der Waals surface area contributed by atoms with Gasteiger partial charge >= 0.3 is 0 Å². The fraction of sp³-hybridized carbons (Fsp3) is 1.00. The summed E-state index contributed by atoms with van der Waals surface area (Å²) in [6, 6.07) is 0. The second kappa shape index (κ2) is 6.28. The van der Waals surface area contributed by atoms with Crippen LogP contribution in [0.2, 0.25) is 0 Å². The van der Waals surface area contributed by atoms with E-state index in [9.17, 15) is 15.2 Å². The molecular weight excluding hydrogens is 246 g/mol. The van der Waals surface area contributed by atoms with E-state index in [2.05, 4.69) is 4.84 Å². The second-order valence-electron chi connectivity index (χ2n) is 4.34. The molecule has 104 valence electrons. The highest BCUT2D eigenvalue weighted by Crippen LogP contribution is 2.28. The van der Waals surface area contributed by atoms with E-state index >= 15 is 0 Å². The molecule has 0 aromatic heterocycles. The molecule has 2 aliphatic rings. The van der Waals surface area contributed by atoms with Crippen molar-refractivity contribution in [2.24, 2.45) is 0 Å². The van der Waals surface area contributed by atoms with Gasteiger partial charge in [-0.05, 0) is 12.8 Å². The standard InChI is InChI=1S/C10H17NO7/c12-7-5-16-10-8(6-17-9(7)10)15-3-1-2-4-18-11(13)14/h7-10,12H,1-6H2/t7-,8-,9-,10-/m1/s1. The summed E-state index contributed by atoms with van der Waals surface area (Å²) in [5.41, 5.74) is 0. The van der Waals surface area contributed by atoms with Crippen LogP contribution in [0.5, 0.6) is 0 Å². The summed E-state index contributed by atoms with van der Waals surface area (Å²) in [5.74, 6) is 0. The topological polar surface area (TPSA) is 100 Å². The zero-order chi connectivity index (χ0) is 13.0. The lowest BCUT2D eigenvalue weighted by Gasteiger charge is -2.16. The Morgan fingerprint density at radius 3 is 2.72 bits per heavy atom. The van der Waals surface area contributed by atoms with Gasteiger partial charge in [0.2, 0.25) is 0 Å². The van der Waals surface area contributed by atoms with E-state index < -0.39 is 11.2 Å². The van der Waals surface area contributed by atoms with Crippen LogP contribution in [0, 0.1) is 10.1 Å². The van der Waals surface area contributed by atoms with Crippen LogP contribution in [0.1, 0.15) is 12.8 Å². The molecule has 2 heterocycles. The lowest BCUT2D eigenvalue weighted by Crippen LogP contribution is -2.33. The van der Waals surface area contributed by atoms with Crippen LogP contribution >= 0.6 is 0 Å². The molecule has 2 fully saturated rings. The van der Waals surface area contributed by atoms with E-state index in [1.165, 1.54) is 0 Å². The van der Waals surface area contributed by atoms with Gasteiger partial charge in [0.1, 0.15) is 24.4 Å². The zero-order valence-electron chi connectivity index (χ0n) is 9.90. The van der Waals surface area contributed by atoms with Crippen molar-refractivity contribution < 1.29 is 29.2 Å². The molecule has 0 unspecified atom stereocenters. The Hall–Kier alpha value is -0.960. The minimum absolute atomic E-state index is 0.0821. The Bertz CT molecular complexity index is 287. The molecule has 0 amide bonds. The van der Waals surface area contributed by atoms with Crippen molar-refractivity contribution in [1.29, 1.82) is 0 Å². The monoisotopic (exact) mass is 263 g/mol. The summed E-state index contributed by atoms with van der Waals surface area (Å²) >= 11 is 0. The average molecular weight is 263 g/mol. The molecule has 2 rings (SSSR count). The Morgan fingerprint density at radius 1 is 1.22 bits per heavy atom. The highest BCUT2D eigenvalue weighted by molar-refractivity contribution is 4.94. The number of unbranched alkanes of at least 4 members (excludes halogenated alkanes) is 1. The van der Waals surface area contributed by atoms with Gasteiger partial charge in [-0.25, -0.2) is 0 Å². The number of hydrogen-bond acceptors (Lipinski definition) is 7.